The van der Waals surface area contributed by atoms with Gasteiger partial charge in [-0.15, -0.1) is 0 Å². The molecule has 1 unspecified atom stereocenters. The molecule has 7 heteroatoms. The normalized spacial score (nSPS) is 13.8. The zero-order valence-electron chi connectivity index (χ0n) is 19.4. The number of halogens is 2. The largest absolute Gasteiger partial charge is 0.444 e. The van der Waals surface area contributed by atoms with Crippen LogP contribution >= 0.6 is 23.2 Å². The highest BCUT2D eigenvalue weighted by atomic mass is 35.5. The van der Waals surface area contributed by atoms with Crippen molar-refractivity contribution in [2.75, 3.05) is 5.32 Å². The molecule has 5 nitrogen and oxygen atoms in total. The van der Waals surface area contributed by atoms with E-state index >= 15 is 0 Å². The lowest BCUT2D eigenvalue weighted by molar-refractivity contribution is 0.155. The number of aryl methyl sites for hydroxylation is 1. The van der Waals surface area contributed by atoms with Crippen molar-refractivity contribution in [3.8, 4) is 17.2 Å². The van der Waals surface area contributed by atoms with Gasteiger partial charge in [0.05, 0.1) is 10.0 Å². The standard InChI is InChI=1S/C29H21Cl2N3O2/c1-17-6-2-3-7-19(17)16-36-29(35)34-28-24(14-32)27-20(15-33-28)12-23(21-8-4-5-9-22(21)27)18-10-11-25(30)26(31)13-18/h2-11,13,15,23H,12,16H2,1H3,(H,33,34,35). The molecule has 5 rings (SSSR count). The smallest absolute Gasteiger partial charge is 0.413 e. The van der Waals surface area contributed by atoms with Crippen molar-refractivity contribution in [2.45, 2.75) is 25.9 Å². The molecule has 0 bridgehead atoms. The van der Waals surface area contributed by atoms with Crippen LogP contribution in [0.1, 0.15) is 39.3 Å². The number of amides is 1. The van der Waals surface area contributed by atoms with E-state index in [1.54, 1.807) is 12.3 Å². The molecule has 0 radical (unpaired) electrons. The van der Waals surface area contributed by atoms with E-state index in [1.807, 2.05) is 61.5 Å². The molecule has 36 heavy (non-hydrogen) atoms. The van der Waals surface area contributed by atoms with E-state index in [9.17, 15) is 10.1 Å². The summed E-state index contributed by atoms with van der Waals surface area (Å²) in [6.45, 7) is 2.08. The Balaban J connectivity index is 1.47. The van der Waals surface area contributed by atoms with Gasteiger partial charge in [0, 0.05) is 17.7 Å². The Kier molecular flexibility index (Phi) is 6.65. The molecule has 1 amide bonds. The number of fused-ring (bicyclic) bond motifs is 3. The minimum absolute atomic E-state index is 0.0229. The minimum atomic E-state index is -0.667. The zero-order valence-corrected chi connectivity index (χ0v) is 20.9. The van der Waals surface area contributed by atoms with Crippen molar-refractivity contribution in [2.24, 2.45) is 0 Å². The second-order valence-corrected chi connectivity index (χ2v) is 9.45. The number of rotatable bonds is 4. The third-order valence-corrected chi connectivity index (χ3v) is 7.22. The molecule has 1 aliphatic carbocycles. The fourth-order valence-corrected chi connectivity index (χ4v) is 4.96. The molecule has 1 heterocycles. The number of pyridine rings is 1. The Morgan fingerprint density at radius 3 is 2.67 bits per heavy atom. The third kappa shape index (κ3) is 4.54. The maximum atomic E-state index is 12.6. The molecule has 1 atom stereocenters. The molecule has 1 aliphatic rings. The summed E-state index contributed by atoms with van der Waals surface area (Å²) < 4.78 is 5.40. The fourth-order valence-electron chi connectivity index (χ4n) is 4.65. The average Bonchev–Trinajstić information content (AvgIpc) is 2.89. The van der Waals surface area contributed by atoms with Crippen LogP contribution in [0.15, 0.2) is 72.9 Å². The van der Waals surface area contributed by atoms with E-state index in [4.69, 9.17) is 27.9 Å². The van der Waals surface area contributed by atoms with Crippen LogP contribution in [0.2, 0.25) is 10.0 Å². The number of nitrogens with zero attached hydrogens (tertiary/aromatic N) is 2. The van der Waals surface area contributed by atoms with Crippen molar-refractivity contribution in [3.05, 3.63) is 116 Å². The number of carbonyl (C=O) groups excluding carboxylic acids is 1. The average molecular weight is 514 g/mol. The Labute approximate surface area is 219 Å². The number of nitriles is 1. The van der Waals surface area contributed by atoms with Gasteiger partial charge in [0.2, 0.25) is 0 Å². The predicted octanol–water partition coefficient (Wildman–Crippen LogP) is 7.67. The van der Waals surface area contributed by atoms with Crippen LogP contribution in [0, 0.1) is 18.3 Å². The first-order chi connectivity index (χ1) is 17.5. The summed E-state index contributed by atoms with van der Waals surface area (Å²) in [5.41, 5.74) is 6.96. The first-order valence-electron chi connectivity index (χ1n) is 11.4. The van der Waals surface area contributed by atoms with E-state index in [-0.39, 0.29) is 18.3 Å². The molecule has 0 fully saturated rings. The monoisotopic (exact) mass is 513 g/mol. The third-order valence-electron chi connectivity index (χ3n) is 6.49. The van der Waals surface area contributed by atoms with Gasteiger partial charge in [-0.1, -0.05) is 77.8 Å². The Bertz CT molecular complexity index is 1530. The van der Waals surface area contributed by atoms with E-state index < -0.39 is 6.09 Å². The van der Waals surface area contributed by atoms with Gasteiger partial charge in [0.1, 0.15) is 18.2 Å². The molecule has 3 aromatic carbocycles. The van der Waals surface area contributed by atoms with Gasteiger partial charge in [-0.2, -0.15) is 5.26 Å². The van der Waals surface area contributed by atoms with Crippen molar-refractivity contribution in [1.29, 1.82) is 5.26 Å². The Hall–Kier alpha value is -3.85. The first-order valence-corrected chi connectivity index (χ1v) is 12.2. The highest BCUT2D eigenvalue weighted by molar-refractivity contribution is 6.42. The number of hydrogen-bond donors (Lipinski definition) is 1. The van der Waals surface area contributed by atoms with Crippen LogP contribution in [0.5, 0.6) is 0 Å². The van der Waals surface area contributed by atoms with Gasteiger partial charge < -0.3 is 4.74 Å². The van der Waals surface area contributed by atoms with Gasteiger partial charge in [0.25, 0.3) is 0 Å². The molecule has 0 spiro atoms. The number of anilines is 1. The molecule has 0 saturated heterocycles. The topological polar surface area (TPSA) is 75.0 Å². The zero-order chi connectivity index (χ0) is 25.2. The fraction of sp³-hybridized carbons (Fsp3) is 0.138. The molecular weight excluding hydrogens is 493 g/mol. The number of ether oxygens (including phenoxy) is 1. The number of benzene rings is 3. The van der Waals surface area contributed by atoms with Crippen molar-refractivity contribution >= 4 is 35.1 Å². The van der Waals surface area contributed by atoms with Crippen LogP contribution in [0.4, 0.5) is 10.6 Å². The Morgan fingerprint density at radius 2 is 1.89 bits per heavy atom. The van der Waals surface area contributed by atoms with E-state index in [0.717, 1.165) is 38.9 Å². The lowest BCUT2D eigenvalue weighted by Gasteiger charge is -2.29. The molecule has 4 aromatic rings. The highest BCUT2D eigenvalue weighted by Crippen LogP contribution is 2.45. The lowest BCUT2D eigenvalue weighted by atomic mass is 9.75. The summed E-state index contributed by atoms with van der Waals surface area (Å²) in [4.78, 5) is 17.0. The molecule has 178 valence electrons. The van der Waals surface area contributed by atoms with Gasteiger partial charge in [-0.25, -0.2) is 9.78 Å². The molecular formula is C29H21Cl2N3O2. The van der Waals surface area contributed by atoms with Crippen LogP contribution in [-0.4, -0.2) is 11.1 Å². The maximum Gasteiger partial charge on any atom is 0.413 e. The predicted molar refractivity (Wildman–Crippen MR) is 141 cm³/mol. The summed E-state index contributed by atoms with van der Waals surface area (Å²) in [6.07, 6.45) is 1.68. The number of carbonyl (C=O) groups is 1. The number of aromatic nitrogens is 1. The summed E-state index contributed by atoms with van der Waals surface area (Å²) in [5, 5.41) is 13.8. The van der Waals surface area contributed by atoms with Crippen LogP contribution in [-0.2, 0) is 17.8 Å². The van der Waals surface area contributed by atoms with Gasteiger partial charge in [-0.3, -0.25) is 5.32 Å². The van der Waals surface area contributed by atoms with Gasteiger partial charge >= 0.3 is 6.09 Å². The molecule has 1 N–H and O–H groups in total. The van der Waals surface area contributed by atoms with E-state index in [1.165, 1.54) is 0 Å². The number of hydrogen-bond acceptors (Lipinski definition) is 4. The second-order valence-electron chi connectivity index (χ2n) is 8.64. The second kappa shape index (κ2) is 10.0. The van der Waals surface area contributed by atoms with Crippen molar-refractivity contribution in [1.82, 2.24) is 4.98 Å². The maximum absolute atomic E-state index is 12.6. The SMILES string of the molecule is Cc1ccccc1COC(=O)Nc1ncc2c(c1C#N)-c1ccccc1C(c1ccc(Cl)c(Cl)c1)C2. The lowest BCUT2D eigenvalue weighted by Crippen LogP contribution is -2.18. The molecule has 0 aliphatic heterocycles. The Morgan fingerprint density at radius 1 is 1.11 bits per heavy atom. The van der Waals surface area contributed by atoms with E-state index in [2.05, 4.69) is 22.4 Å². The minimum Gasteiger partial charge on any atom is -0.444 e. The summed E-state index contributed by atoms with van der Waals surface area (Å²) >= 11 is 12.5. The van der Waals surface area contributed by atoms with E-state index in [0.29, 0.717) is 22.0 Å². The number of nitrogens with one attached hydrogen (secondary N) is 1. The van der Waals surface area contributed by atoms with Crippen LogP contribution in [0.3, 0.4) is 0 Å². The molecule has 0 saturated carbocycles. The molecule has 1 aromatic heterocycles. The highest BCUT2D eigenvalue weighted by Gasteiger charge is 2.30. The van der Waals surface area contributed by atoms with Gasteiger partial charge in [-0.05, 0) is 58.9 Å². The van der Waals surface area contributed by atoms with Crippen LogP contribution in [0.25, 0.3) is 11.1 Å². The van der Waals surface area contributed by atoms with Crippen molar-refractivity contribution < 1.29 is 9.53 Å². The quantitative estimate of drug-likeness (QED) is 0.303. The summed E-state index contributed by atoms with van der Waals surface area (Å²) in [7, 11) is 0. The van der Waals surface area contributed by atoms with Crippen molar-refractivity contribution in [3.63, 3.8) is 0 Å². The summed E-state index contributed by atoms with van der Waals surface area (Å²) in [6, 6.07) is 23.5. The van der Waals surface area contributed by atoms with Crippen LogP contribution < -0.4 is 5.32 Å². The first kappa shape index (κ1) is 23.9. The summed E-state index contributed by atoms with van der Waals surface area (Å²) in [5.74, 6) is 0.198. The van der Waals surface area contributed by atoms with Gasteiger partial charge in [0.15, 0.2) is 5.82 Å².